The summed E-state index contributed by atoms with van der Waals surface area (Å²) in [4.78, 5) is 11.1. The Kier molecular flexibility index (Phi) is 3.68. The summed E-state index contributed by atoms with van der Waals surface area (Å²) in [6, 6.07) is 5.00. The Hall–Kier alpha value is -1.55. The number of rotatable bonds is 3. The molecule has 4 nitrogen and oxygen atoms in total. The second kappa shape index (κ2) is 4.79. The van der Waals surface area contributed by atoms with Crippen LogP contribution in [0, 0.1) is 6.92 Å². The van der Waals surface area contributed by atoms with Gasteiger partial charge in [0, 0.05) is 5.69 Å². The molecule has 15 heavy (non-hydrogen) atoms. The molecule has 0 aliphatic rings. The highest BCUT2D eigenvalue weighted by atomic mass is 16.5. The first kappa shape index (κ1) is 11.5. The number of methoxy groups -OCH3 is 1. The number of aryl methyl sites for hydroxylation is 1. The lowest BCUT2D eigenvalue weighted by Crippen LogP contribution is -2.33. The molecule has 0 aliphatic heterocycles. The number of carbonyl (C=O) groups excluding carboxylic acids is 1. The minimum Gasteiger partial charge on any atom is -0.468 e. The molecule has 0 radical (unpaired) electrons. The first-order valence-corrected chi connectivity index (χ1v) is 4.73. The predicted octanol–water partition coefficient (Wildman–Crippen LogP) is 0.620. The van der Waals surface area contributed by atoms with E-state index in [0.717, 1.165) is 16.8 Å². The summed E-state index contributed by atoms with van der Waals surface area (Å²) >= 11 is 0. The third-order valence-corrected chi connectivity index (χ3v) is 2.29. The van der Waals surface area contributed by atoms with Crippen molar-refractivity contribution in [1.82, 2.24) is 0 Å². The number of nitrogens with two attached hydrogens (primary N) is 2. The van der Waals surface area contributed by atoms with Gasteiger partial charge >= 0.3 is 5.97 Å². The number of ether oxygens (including phenoxy) is 1. The number of nitrogen functional groups attached to an aromatic ring is 1. The normalized spacial score (nSPS) is 12.2. The Morgan fingerprint density at radius 1 is 1.53 bits per heavy atom. The maximum atomic E-state index is 11.1. The number of benzene rings is 1. The summed E-state index contributed by atoms with van der Waals surface area (Å²) in [7, 11) is 1.33. The Balaban J connectivity index is 2.73. The molecule has 1 aromatic rings. The summed E-state index contributed by atoms with van der Waals surface area (Å²) in [5.41, 5.74) is 14.0. The van der Waals surface area contributed by atoms with Crippen LogP contribution in [0.3, 0.4) is 0 Å². The Labute approximate surface area is 89.2 Å². The second-order valence-corrected chi connectivity index (χ2v) is 3.52. The first-order valence-electron chi connectivity index (χ1n) is 4.73. The lowest BCUT2D eigenvalue weighted by Gasteiger charge is -2.10. The average molecular weight is 208 g/mol. The molecule has 0 spiro atoms. The Bertz CT molecular complexity index is 364. The van der Waals surface area contributed by atoms with Gasteiger partial charge in [-0.2, -0.15) is 0 Å². The number of anilines is 1. The van der Waals surface area contributed by atoms with Gasteiger partial charge in [-0.15, -0.1) is 0 Å². The molecule has 0 unspecified atom stereocenters. The summed E-state index contributed by atoms with van der Waals surface area (Å²) in [6.07, 6.45) is 0.466. The molecule has 0 fully saturated rings. The van der Waals surface area contributed by atoms with Crippen LogP contribution in [0.25, 0.3) is 0 Å². The van der Waals surface area contributed by atoms with Gasteiger partial charge in [0.2, 0.25) is 0 Å². The van der Waals surface area contributed by atoms with Gasteiger partial charge in [-0.1, -0.05) is 12.1 Å². The minimum absolute atomic E-state index is 0.399. The molecule has 0 heterocycles. The molecular formula is C11H16N2O2. The topological polar surface area (TPSA) is 78.3 Å². The van der Waals surface area contributed by atoms with Gasteiger partial charge < -0.3 is 16.2 Å². The van der Waals surface area contributed by atoms with Crippen molar-refractivity contribution in [2.24, 2.45) is 5.73 Å². The van der Waals surface area contributed by atoms with E-state index in [0.29, 0.717) is 6.42 Å². The number of hydrogen-bond acceptors (Lipinski definition) is 4. The van der Waals surface area contributed by atoms with Crippen molar-refractivity contribution in [2.45, 2.75) is 19.4 Å². The van der Waals surface area contributed by atoms with Gasteiger partial charge in [0.1, 0.15) is 6.04 Å². The van der Waals surface area contributed by atoms with Crippen LogP contribution in [0.15, 0.2) is 18.2 Å². The zero-order valence-corrected chi connectivity index (χ0v) is 8.99. The number of carbonyl (C=O) groups is 1. The molecule has 0 saturated carbocycles. The molecule has 4 heteroatoms. The summed E-state index contributed by atoms with van der Waals surface area (Å²) in [5.74, 6) is -0.399. The van der Waals surface area contributed by atoms with Crippen molar-refractivity contribution in [1.29, 1.82) is 0 Å². The van der Waals surface area contributed by atoms with Crippen molar-refractivity contribution >= 4 is 11.7 Å². The lowest BCUT2D eigenvalue weighted by atomic mass is 10.0. The van der Waals surface area contributed by atoms with Gasteiger partial charge in [0.05, 0.1) is 7.11 Å². The van der Waals surface area contributed by atoms with Crippen LogP contribution in [0.4, 0.5) is 5.69 Å². The zero-order chi connectivity index (χ0) is 11.4. The second-order valence-electron chi connectivity index (χ2n) is 3.52. The number of hydrogen-bond donors (Lipinski definition) is 2. The summed E-state index contributed by atoms with van der Waals surface area (Å²) < 4.78 is 4.55. The van der Waals surface area contributed by atoms with Crippen molar-refractivity contribution in [3.05, 3.63) is 29.3 Å². The van der Waals surface area contributed by atoms with E-state index < -0.39 is 12.0 Å². The summed E-state index contributed by atoms with van der Waals surface area (Å²) in [5, 5.41) is 0. The first-order chi connectivity index (χ1) is 7.04. The predicted molar refractivity (Wildman–Crippen MR) is 59.3 cm³/mol. The van der Waals surface area contributed by atoms with Gasteiger partial charge in [0.15, 0.2) is 0 Å². The fourth-order valence-electron chi connectivity index (χ4n) is 1.35. The monoisotopic (exact) mass is 208 g/mol. The van der Waals surface area contributed by atoms with E-state index in [2.05, 4.69) is 4.74 Å². The molecule has 0 aliphatic carbocycles. The van der Waals surface area contributed by atoms with Crippen LogP contribution in [0.1, 0.15) is 11.1 Å². The molecule has 0 saturated heterocycles. The van der Waals surface area contributed by atoms with Crippen molar-refractivity contribution in [3.63, 3.8) is 0 Å². The molecule has 1 aromatic carbocycles. The van der Waals surface area contributed by atoms with Gasteiger partial charge in [-0.25, -0.2) is 0 Å². The van der Waals surface area contributed by atoms with Crippen molar-refractivity contribution in [2.75, 3.05) is 12.8 Å². The number of esters is 1. The fourth-order valence-corrected chi connectivity index (χ4v) is 1.35. The standard InChI is InChI=1S/C11H16N2O2/c1-7-5-8(3-4-9(7)12)6-10(13)11(14)15-2/h3-5,10H,6,12-13H2,1-2H3/t10-/m0/s1. The molecule has 0 aromatic heterocycles. The van der Waals surface area contributed by atoms with Crippen LogP contribution >= 0.6 is 0 Å². The largest absolute Gasteiger partial charge is 0.468 e. The van der Waals surface area contributed by atoms with E-state index in [-0.39, 0.29) is 0 Å². The zero-order valence-electron chi connectivity index (χ0n) is 8.99. The van der Waals surface area contributed by atoms with Crippen LogP contribution in [-0.2, 0) is 16.0 Å². The van der Waals surface area contributed by atoms with Gasteiger partial charge in [0.25, 0.3) is 0 Å². The molecule has 1 atom stereocenters. The van der Waals surface area contributed by atoms with Gasteiger partial charge in [-0.3, -0.25) is 4.79 Å². The third kappa shape index (κ3) is 2.95. The third-order valence-electron chi connectivity index (χ3n) is 2.29. The highest BCUT2D eigenvalue weighted by molar-refractivity contribution is 5.75. The maximum absolute atomic E-state index is 11.1. The van der Waals surface area contributed by atoms with E-state index in [4.69, 9.17) is 11.5 Å². The Morgan fingerprint density at radius 2 is 2.20 bits per heavy atom. The van der Waals surface area contributed by atoms with Crippen molar-refractivity contribution in [3.8, 4) is 0 Å². The molecular weight excluding hydrogens is 192 g/mol. The quantitative estimate of drug-likeness (QED) is 0.564. The highest BCUT2D eigenvalue weighted by Crippen LogP contribution is 2.13. The molecule has 0 amide bonds. The minimum atomic E-state index is -0.613. The lowest BCUT2D eigenvalue weighted by molar-refractivity contribution is -0.142. The van der Waals surface area contributed by atoms with E-state index >= 15 is 0 Å². The van der Waals surface area contributed by atoms with E-state index in [9.17, 15) is 4.79 Å². The molecule has 1 rings (SSSR count). The Morgan fingerprint density at radius 3 is 2.73 bits per heavy atom. The maximum Gasteiger partial charge on any atom is 0.322 e. The van der Waals surface area contributed by atoms with Gasteiger partial charge in [-0.05, 0) is 30.5 Å². The van der Waals surface area contributed by atoms with E-state index in [1.165, 1.54) is 7.11 Å². The highest BCUT2D eigenvalue weighted by Gasteiger charge is 2.14. The summed E-state index contributed by atoms with van der Waals surface area (Å²) in [6.45, 7) is 1.92. The van der Waals surface area contributed by atoms with Crippen LogP contribution in [0.2, 0.25) is 0 Å². The van der Waals surface area contributed by atoms with Crippen LogP contribution < -0.4 is 11.5 Å². The van der Waals surface area contributed by atoms with Crippen LogP contribution in [0.5, 0.6) is 0 Å². The molecule has 4 N–H and O–H groups in total. The molecule has 82 valence electrons. The average Bonchev–Trinajstić information content (AvgIpc) is 2.22. The van der Waals surface area contributed by atoms with E-state index in [1.807, 2.05) is 25.1 Å². The molecule has 0 bridgehead atoms. The fraction of sp³-hybridized carbons (Fsp3) is 0.364. The van der Waals surface area contributed by atoms with Crippen LogP contribution in [-0.4, -0.2) is 19.1 Å². The van der Waals surface area contributed by atoms with Crippen molar-refractivity contribution < 1.29 is 9.53 Å². The van der Waals surface area contributed by atoms with E-state index in [1.54, 1.807) is 0 Å². The smallest absolute Gasteiger partial charge is 0.322 e. The SMILES string of the molecule is COC(=O)[C@@H](N)Cc1ccc(N)c(C)c1.